The quantitative estimate of drug-likeness (QED) is 0.556. The van der Waals surface area contributed by atoms with Gasteiger partial charge in [-0.2, -0.15) is 10.2 Å². The van der Waals surface area contributed by atoms with Gasteiger partial charge in [-0.05, 0) is 64.8 Å². The zero-order valence-electron chi connectivity index (χ0n) is 21.4. The number of carbonyl (C=O) groups is 1. The van der Waals surface area contributed by atoms with E-state index in [2.05, 4.69) is 51.9 Å². The fourth-order valence-electron chi connectivity index (χ4n) is 5.84. The van der Waals surface area contributed by atoms with E-state index in [1.165, 1.54) is 0 Å². The van der Waals surface area contributed by atoms with Crippen molar-refractivity contribution in [3.8, 4) is 11.1 Å². The van der Waals surface area contributed by atoms with Gasteiger partial charge in [0.15, 0.2) is 5.82 Å². The number of nitrogens with one attached hydrogen (secondary N) is 2. The molecule has 2 N–H and O–H groups in total. The predicted octanol–water partition coefficient (Wildman–Crippen LogP) is 4.46. The van der Waals surface area contributed by atoms with Crippen LogP contribution in [-0.4, -0.2) is 69.0 Å². The van der Waals surface area contributed by atoms with Gasteiger partial charge in [0.1, 0.15) is 0 Å². The smallest absolute Gasteiger partial charge is 0.219 e. The minimum absolute atomic E-state index is 0.128. The molecule has 0 saturated carbocycles. The number of anilines is 1. The summed E-state index contributed by atoms with van der Waals surface area (Å²) in [5.41, 5.74) is 4.97. The fraction of sp³-hybridized carbons (Fsp3) is 0.577. The number of rotatable bonds is 4. The highest BCUT2D eigenvalue weighted by Crippen LogP contribution is 2.46. The summed E-state index contributed by atoms with van der Waals surface area (Å²) in [6, 6.07) is 2.40. The van der Waals surface area contributed by atoms with Crippen molar-refractivity contribution < 1.29 is 4.79 Å². The number of piperazine rings is 1. The molecule has 35 heavy (non-hydrogen) atoms. The average Bonchev–Trinajstić information content (AvgIpc) is 3.44. The highest BCUT2D eigenvalue weighted by atomic mass is 35.5. The lowest BCUT2D eigenvalue weighted by Crippen LogP contribution is -2.62. The van der Waals surface area contributed by atoms with E-state index in [4.69, 9.17) is 16.7 Å². The van der Waals surface area contributed by atoms with Gasteiger partial charge < -0.3 is 15.1 Å². The number of fused-ring (bicyclic) bond motifs is 1. The summed E-state index contributed by atoms with van der Waals surface area (Å²) in [7, 11) is 0. The van der Waals surface area contributed by atoms with Crippen LogP contribution in [0.5, 0.6) is 0 Å². The number of aryl methyl sites for hydroxylation is 1. The van der Waals surface area contributed by atoms with Crippen LogP contribution in [0.2, 0.25) is 5.02 Å². The predicted molar refractivity (Wildman–Crippen MR) is 141 cm³/mol. The number of hydrogen-bond donors (Lipinski definition) is 2. The average molecular weight is 498 g/mol. The van der Waals surface area contributed by atoms with Crippen LogP contribution >= 0.6 is 11.6 Å². The Kier molecular flexibility index (Phi) is 6.30. The first-order chi connectivity index (χ1) is 16.7. The Labute approximate surface area is 212 Å². The number of aromatic nitrogens is 4. The molecule has 0 radical (unpaired) electrons. The maximum absolute atomic E-state index is 12.3. The Hall–Kier alpha value is -2.58. The van der Waals surface area contributed by atoms with Gasteiger partial charge in [-0.25, -0.2) is 0 Å². The molecule has 0 aliphatic carbocycles. The van der Waals surface area contributed by atoms with E-state index in [-0.39, 0.29) is 11.4 Å². The standard InChI is InChI=1S/C26H36ClN7O/c1-6-26(5)15-32(18(4)35)11-12-33(26)25-22(17(3)34(31-25)19-7-9-28-10-8-19)23-20-14-29-30-21(20)13-16(2)24(23)27/h13-14,19,28H,6-12,15H2,1-5H3,(H,29,30)/t26-/m0/s1. The van der Waals surface area contributed by atoms with E-state index in [1.54, 1.807) is 6.92 Å². The highest BCUT2D eigenvalue weighted by molar-refractivity contribution is 6.36. The lowest BCUT2D eigenvalue weighted by molar-refractivity contribution is -0.130. The monoisotopic (exact) mass is 497 g/mol. The molecule has 8 nitrogen and oxygen atoms in total. The van der Waals surface area contributed by atoms with Crippen LogP contribution in [0.1, 0.15) is 57.3 Å². The van der Waals surface area contributed by atoms with Crippen LogP contribution in [0, 0.1) is 13.8 Å². The number of amides is 1. The number of nitrogens with zero attached hydrogens (tertiary/aromatic N) is 5. The minimum Gasteiger partial charge on any atom is -0.346 e. The van der Waals surface area contributed by atoms with Gasteiger partial charge in [-0.3, -0.25) is 14.6 Å². The molecular weight excluding hydrogens is 462 g/mol. The van der Waals surface area contributed by atoms with Crippen molar-refractivity contribution >= 4 is 34.2 Å². The lowest BCUT2D eigenvalue weighted by Gasteiger charge is -2.49. The third kappa shape index (κ3) is 4.00. The van der Waals surface area contributed by atoms with Gasteiger partial charge >= 0.3 is 0 Å². The molecule has 1 atom stereocenters. The second-order valence-electron chi connectivity index (χ2n) is 10.4. The van der Waals surface area contributed by atoms with Crippen LogP contribution in [0.4, 0.5) is 5.82 Å². The topological polar surface area (TPSA) is 82.1 Å². The Bertz CT molecular complexity index is 1260. The third-order valence-electron chi connectivity index (χ3n) is 8.14. The summed E-state index contributed by atoms with van der Waals surface area (Å²) in [4.78, 5) is 16.6. The number of carbonyl (C=O) groups excluding carboxylic acids is 1. The lowest BCUT2D eigenvalue weighted by atomic mass is 9.91. The summed E-state index contributed by atoms with van der Waals surface area (Å²) in [5.74, 6) is 1.09. The largest absolute Gasteiger partial charge is 0.346 e. The maximum Gasteiger partial charge on any atom is 0.219 e. The summed E-state index contributed by atoms with van der Waals surface area (Å²) in [6.45, 7) is 14.4. The molecule has 0 unspecified atom stereocenters. The third-order valence-corrected chi connectivity index (χ3v) is 8.63. The van der Waals surface area contributed by atoms with E-state index in [0.29, 0.717) is 19.1 Å². The Morgan fingerprint density at radius 1 is 1.23 bits per heavy atom. The Morgan fingerprint density at radius 3 is 2.66 bits per heavy atom. The molecule has 0 bridgehead atoms. The second-order valence-corrected chi connectivity index (χ2v) is 10.7. The minimum atomic E-state index is -0.232. The molecule has 2 aliphatic rings. The maximum atomic E-state index is 12.3. The normalized spacial score (nSPS) is 21.8. The second kappa shape index (κ2) is 9.13. The van der Waals surface area contributed by atoms with Crippen LogP contribution in [0.15, 0.2) is 12.3 Å². The van der Waals surface area contributed by atoms with Crippen molar-refractivity contribution in [3.05, 3.63) is 28.5 Å². The first-order valence-electron chi connectivity index (χ1n) is 12.7. The van der Waals surface area contributed by atoms with Crippen molar-refractivity contribution in [2.75, 3.05) is 37.6 Å². The Balaban J connectivity index is 1.74. The van der Waals surface area contributed by atoms with Crippen LogP contribution in [-0.2, 0) is 4.79 Å². The molecule has 2 aliphatic heterocycles. The summed E-state index contributed by atoms with van der Waals surface area (Å²) in [5, 5.41) is 18.0. The summed E-state index contributed by atoms with van der Waals surface area (Å²) < 4.78 is 2.24. The summed E-state index contributed by atoms with van der Waals surface area (Å²) in [6.07, 6.45) is 4.87. The van der Waals surface area contributed by atoms with E-state index in [1.807, 2.05) is 18.0 Å². The number of hydrogen-bond acceptors (Lipinski definition) is 5. The molecule has 4 heterocycles. The first-order valence-corrected chi connectivity index (χ1v) is 13.1. The highest BCUT2D eigenvalue weighted by Gasteiger charge is 2.41. The molecule has 188 valence electrons. The van der Waals surface area contributed by atoms with Crippen LogP contribution in [0.25, 0.3) is 22.0 Å². The number of aromatic amines is 1. The van der Waals surface area contributed by atoms with Crippen molar-refractivity contribution in [1.82, 2.24) is 30.2 Å². The molecule has 3 aromatic rings. The number of piperidine rings is 1. The molecule has 2 fully saturated rings. The number of halogens is 1. The van der Waals surface area contributed by atoms with Crippen molar-refractivity contribution in [2.24, 2.45) is 0 Å². The molecule has 9 heteroatoms. The van der Waals surface area contributed by atoms with Crippen molar-refractivity contribution in [1.29, 1.82) is 0 Å². The summed E-state index contributed by atoms with van der Waals surface area (Å²) >= 11 is 7.05. The Morgan fingerprint density at radius 2 is 1.97 bits per heavy atom. The van der Waals surface area contributed by atoms with Crippen molar-refractivity contribution in [3.63, 3.8) is 0 Å². The molecular formula is C26H36ClN7O. The van der Waals surface area contributed by atoms with Gasteiger partial charge in [-0.15, -0.1) is 0 Å². The van der Waals surface area contributed by atoms with Crippen LogP contribution in [0.3, 0.4) is 0 Å². The van der Waals surface area contributed by atoms with Crippen LogP contribution < -0.4 is 10.2 Å². The molecule has 2 aromatic heterocycles. The fourth-order valence-corrected chi connectivity index (χ4v) is 6.09. The number of benzene rings is 1. The van der Waals surface area contributed by atoms with Gasteiger partial charge in [0.2, 0.25) is 5.91 Å². The molecule has 2 saturated heterocycles. The zero-order valence-corrected chi connectivity index (χ0v) is 22.2. The first kappa shape index (κ1) is 24.1. The van der Waals surface area contributed by atoms with Gasteiger partial charge in [0, 0.05) is 48.8 Å². The zero-order chi connectivity index (χ0) is 24.9. The molecule has 1 aromatic carbocycles. The van der Waals surface area contributed by atoms with E-state index >= 15 is 0 Å². The van der Waals surface area contributed by atoms with E-state index in [9.17, 15) is 4.79 Å². The van der Waals surface area contributed by atoms with E-state index in [0.717, 1.165) is 83.0 Å². The molecule has 0 spiro atoms. The number of H-pyrrole nitrogens is 1. The molecule has 1 amide bonds. The molecule has 5 rings (SSSR count). The van der Waals surface area contributed by atoms with Crippen molar-refractivity contribution in [2.45, 2.75) is 65.5 Å². The van der Waals surface area contributed by atoms with Gasteiger partial charge in [-0.1, -0.05) is 18.5 Å². The van der Waals surface area contributed by atoms with E-state index < -0.39 is 0 Å². The van der Waals surface area contributed by atoms with Gasteiger partial charge in [0.05, 0.1) is 28.3 Å². The van der Waals surface area contributed by atoms with Gasteiger partial charge in [0.25, 0.3) is 0 Å². The SMILES string of the molecule is CC[C@@]1(C)CN(C(C)=O)CCN1c1nn(C2CCNCC2)c(C)c1-c1c(Cl)c(C)cc2[nH]ncc12.